The summed E-state index contributed by atoms with van der Waals surface area (Å²) in [7, 11) is 0. The summed E-state index contributed by atoms with van der Waals surface area (Å²) in [5.74, 6) is 4.80. The van der Waals surface area contributed by atoms with Crippen LogP contribution in [0.25, 0.3) is 0 Å². The molecule has 96 valence electrons. The van der Waals surface area contributed by atoms with Gasteiger partial charge in [-0.2, -0.15) is 0 Å². The van der Waals surface area contributed by atoms with Crippen molar-refractivity contribution in [3.63, 3.8) is 0 Å². The Morgan fingerprint density at radius 3 is 2.29 bits per heavy atom. The molecule has 4 atom stereocenters. The number of Topliss-reactive ketones (excluding diaryl/α,β-unsaturated/α-hetero) is 1. The highest BCUT2D eigenvalue weighted by Gasteiger charge is 2.66. The third-order valence-corrected chi connectivity index (χ3v) is 5.63. The van der Waals surface area contributed by atoms with Crippen LogP contribution in [-0.2, 0) is 4.79 Å². The molecule has 3 aliphatic rings. The van der Waals surface area contributed by atoms with E-state index in [1.165, 1.54) is 44.9 Å². The van der Waals surface area contributed by atoms with E-state index < -0.39 is 0 Å². The molecule has 2 bridgehead atoms. The number of carbonyl (C=O) groups excluding carboxylic acids is 1. The minimum atomic E-state index is 0.535. The van der Waals surface area contributed by atoms with Crippen molar-refractivity contribution in [2.75, 3.05) is 0 Å². The maximum Gasteiger partial charge on any atom is 0.136 e. The standard InChI is InChI=1S/C16H26O/c1-2-3-4-5-6-7-13(17)16-14-11-8-9-12(10-11)15(14)16/h11-12,14-16H,2-10H2,1H3. The van der Waals surface area contributed by atoms with E-state index >= 15 is 0 Å². The summed E-state index contributed by atoms with van der Waals surface area (Å²) in [6.07, 6.45) is 11.6. The first-order valence-electron chi connectivity index (χ1n) is 7.85. The van der Waals surface area contributed by atoms with Crippen LogP contribution in [0.4, 0.5) is 0 Å². The Bertz CT molecular complexity index is 280. The third-order valence-electron chi connectivity index (χ3n) is 5.63. The van der Waals surface area contributed by atoms with Gasteiger partial charge in [0.1, 0.15) is 5.78 Å². The van der Waals surface area contributed by atoms with Gasteiger partial charge < -0.3 is 0 Å². The molecule has 0 heterocycles. The molecule has 0 aromatic heterocycles. The van der Waals surface area contributed by atoms with E-state index in [-0.39, 0.29) is 0 Å². The van der Waals surface area contributed by atoms with Gasteiger partial charge in [-0.15, -0.1) is 0 Å². The lowest BCUT2D eigenvalue weighted by Crippen LogP contribution is -2.09. The molecule has 3 fully saturated rings. The van der Waals surface area contributed by atoms with Crippen LogP contribution in [0.2, 0.25) is 0 Å². The number of carbonyl (C=O) groups is 1. The molecule has 3 saturated carbocycles. The van der Waals surface area contributed by atoms with Gasteiger partial charge in [-0.05, 0) is 49.4 Å². The number of fused-ring (bicyclic) bond motifs is 5. The summed E-state index contributed by atoms with van der Waals surface area (Å²) in [5.41, 5.74) is 0. The van der Waals surface area contributed by atoms with Gasteiger partial charge in [0.2, 0.25) is 0 Å². The van der Waals surface area contributed by atoms with Crippen LogP contribution in [0.15, 0.2) is 0 Å². The summed E-state index contributed by atoms with van der Waals surface area (Å²) in [6.45, 7) is 2.24. The Morgan fingerprint density at radius 2 is 1.65 bits per heavy atom. The third kappa shape index (κ3) is 2.06. The number of hydrogen-bond donors (Lipinski definition) is 0. The van der Waals surface area contributed by atoms with Crippen LogP contribution in [0.5, 0.6) is 0 Å². The first-order chi connectivity index (χ1) is 8.33. The van der Waals surface area contributed by atoms with E-state index in [4.69, 9.17) is 0 Å². The maximum absolute atomic E-state index is 12.2. The monoisotopic (exact) mass is 234 g/mol. The van der Waals surface area contributed by atoms with Crippen LogP contribution >= 0.6 is 0 Å². The zero-order valence-corrected chi connectivity index (χ0v) is 11.2. The van der Waals surface area contributed by atoms with Crippen molar-refractivity contribution >= 4 is 5.78 Å². The van der Waals surface area contributed by atoms with Crippen molar-refractivity contribution in [3.8, 4) is 0 Å². The molecule has 0 spiro atoms. The quantitative estimate of drug-likeness (QED) is 0.603. The molecule has 3 aliphatic carbocycles. The number of rotatable bonds is 7. The molecule has 17 heavy (non-hydrogen) atoms. The zero-order valence-electron chi connectivity index (χ0n) is 11.2. The average molecular weight is 234 g/mol. The molecule has 1 heteroatoms. The second-order valence-corrected chi connectivity index (χ2v) is 6.64. The first-order valence-corrected chi connectivity index (χ1v) is 7.85. The average Bonchev–Trinajstić information content (AvgIpc) is 2.78. The Balaban J connectivity index is 1.38. The van der Waals surface area contributed by atoms with Crippen molar-refractivity contribution in [2.45, 2.75) is 64.7 Å². The van der Waals surface area contributed by atoms with Gasteiger partial charge in [0.05, 0.1) is 0 Å². The van der Waals surface area contributed by atoms with Crippen LogP contribution in [0.3, 0.4) is 0 Å². The highest BCUT2D eigenvalue weighted by molar-refractivity contribution is 5.84. The fraction of sp³-hybridized carbons (Fsp3) is 0.938. The predicted octanol–water partition coefficient (Wildman–Crippen LogP) is 4.21. The zero-order chi connectivity index (χ0) is 11.8. The molecular formula is C16H26O. The molecule has 0 aromatic carbocycles. The van der Waals surface area contributed by atoms with Crippen LogP contribution < -0.4 is 0 Å². The van der Waals surface area contributed by atoms with Gasteiger partial charge in [0.15, 0.2) is 0 Å². The molecule has 1 nitrogen and oxygen atoms in total. The van der Waals surface area contributed by atoms with E-state index in [0.717, 1.165) is 36.5 Å². The van der Waals surface area contributed by atoms with Gasteiger partial charge in [-0.25, -0.2) is 0 Å². The maximum atomic E-state index is 12.2. The van der Waals surface area contributed by atoms with E-state index in [9.17, 15) is 4.79 Å². The van der Waals surface area contributed by atoms with Crippen LogP contribution in [0, 0.1) is 29.6 Å². The Kier molecular flexibility index (Phi) is 3.28. The van der Waals surface area contributed by atoms with Crippen LogP contribution in [0.1, 0.15) is 64.7 Å². The van der Waals surface area contributed by atoms with Crippen molar-refractivity contribution < 1.29 is 4.79 Å². The first kappa shape index (κ1) is 11.7. The molecule has 3 rings (SSSR count). The fourth-order valence-electron chi connectivity index (χ4n) is 4.82. The van der Waals surface area contributed by atoms with Crippen molar-refractivity contribution in [2.24, 2.45) is 29.6 Å². The smallest absolute Gasteiger partial charge is 0.136 e. The predicted molar refractivity (Wildman–Crippen MR) is 69.7 cm³/mol. The lowest BCUT2D eigenvalue weighted by Gasteiger charge is -2.07. The van der Waals surface area contributed by atoms with Crippen molar-refractivity contribution in [3.05, 3.63) is 0 Å². The van der Waals surface area contributed by atoms with Gasteiger partial charge in [-0.3, -0.25) is 4.79 Å². The lowest BCUT2D eigenvalue weighted by molar-refractivity contribution is -0.121. The molecule has 0 aromatic rings. The largest absolute Gasteiger partial charge is 0.299 e. The summed E-state index contributed by atoms with van der Waals surface area (Å²) >= 11 is 0. The molecule has 0 N–H and O–H groups in total. The van der Waals surface area contributed by atoms with Crippen LogP contribution in [-0.4, -0.2) is 5.78 Å². The van der Waals surface area contributed by atoms with E-state index in [2.05, 4.69) is 6.92 Å². The van der Waals surface area contributed by atoms with Gasteiger partial charge in [-0.1, -0.05) is 32.6 Å². The molecule has 0 radical (unpaired) electrons. The minimum absolute atomic E-state index is 0.535. The SMILES string of the molecule is CCCCCCCC(=O)C1C2C3CCC(C3)C12. The summed E-state index contributed by atoms with van der Waals surface area (Å²) in [5, 5.41) is 0. The second kappa shape index (κ2) is 4.74. The number of ketones is 1. The van der Waals surface area contributed by atoms with Crippen molar-refractivity contribution in [1.82, 2.24) is 0 Å². The summed E-state index contributed by atoms with van der Waals surface area (Å²) < 4.78 is 0. The van der Waals surface area contributed by atoms with Gasteiger partial charge in [0.25, 0.3) is 0 Å². The number of unbranched alkanes of at least 4 members (excludes halogenated alkanes) is 4. The topological polar surface area (TPSA) is 17.1 Å². The van der Waals surface area contributed by atoms with E-state index in [1.807, 2.05) is 0 Å². The highest BCUT2D eigenvalue weighted by atomic mass is 16.1. The lowest BCUT2D eigenvalue weighted by atomic mass is 9.97. The van der Waals surface area contributed by atoms with E-state index in [0.29, 0.717) is 11.7 Å². The highest BCUT2D eigenvalue weighted by Crippen LogP contribution is 2.69. The molecule has 0 aliphatic heterocycles. The van der Waals surface area contributed by atoms with Gasteiger partial charge >= 0.3 is 0 Å². The molecule has 4 unspecified atom stereocenters. The Hall–Kier alpha value is -0.330. The molecule has 0 saturated heterocycles. The number of hydrogen-bond acceptors (Lipinski definition) is 1. The molecule has 0 amide bonds. The summed E-state index contributed by atoms with van der Waals surface area (Å²) in [4.78, 5) is 12.2. The minimum Gasteiger partial charge on any atom is -0.299 e. The summed E-state index contributed by atoms with van der Waals surface area (Å²) in [6, 6.07) is 0. The Morgan fingerprint density at radius 1 is 1.00 bits per heavy atom. The molecular weight excluding hydrogens is 208 g/mol. The van der Waals surface area contributed by atoms with E-state index in [1.54, 1.807) is 0 Å². The normalized spacial score (nSPS) is 41.6. The van der Waals surface area contributed by atoms with Gasteiger partial charge in [0, 0.05) is 12.3 Å². The fourth-order valence-corrected chi connectivity index (χ4v) is 4.82. The Labute approximate surface area is 105 Å². The van der Waals surface area contributed by atoms with Crippen molar-refractivity contribution in [1.29, 1.82) is 0 Å². The second-order valence-electron chi connectivity index (χ2n) is 6.64.